The first kappa shape index (κ1) is 12.0. The Morgan fingerprint density at radius 1 is 1.50 bits per heavy atom. The van der Waals surface area contributed by atoms with Crippen LogP contribution in [-0.2, 0) is 0 Å². The predicted molar refractivity (Wildman–Crippen MR) is 66.7 cm³/mol. The van der Waals surface area contributed by atoms with Crippen LogP contribution in [0.1, 0.15) is 6.42 Å². The lowest BCUT2D eigenvalue weighted by atomic mass is 10.5. The van der Waals surface area contributed by atoms with Crippen LogP contribution < -0.4 is 0 Å². The van der Waals surface area contributed by atoms with Crippen LogP contribution in [0.5, 0.6) is 0 Å². The van der Waals surface area contributed by atoms with E-state index in [1.54, 1.807) is 45.2 Å². The molecule has 0 aromatic heterocycles. The molecule has 5 heteroatoms. The SMILES string of the molecule is CS(C)(Cl)CCC(F)(I)I. The summed E-state index contributed by atoms with van der Waals surface area (Å²) in [5.74, 6) is 0.789. The minimum Gasteiger partial charge on any atom is -0.221 e. The van der Waals surface area contributed by atoms with Crippen LogP contribution in [0.4, 0.5) is 4.39 Å². The van der Waals surface area contributed by atoms with E-state index in [-0.39, 0.29) is 0 Å². The molecule has 0 aromatic rings. The normalized spacial score (nSPS) is 15.4. The van der Waals surface area contributed by atoms with E-state index >= 15 is 0 Å². The first-order valence-electron chi connectivity index (χ1n) is 2.68. The molecule has 0 N–H and O–H groups in total. The molecule has 0 nitrogen and oxygen atoms in total. The zero-order valence-electron chi connectivity index (χ0n) is 5.83. The Morgan fingerprint density at radius 2 is 1.90 bits per heavy atom. The van der Waals surface area contributed by atoms with Crippen molar-refractivity contribution in [2.45, 2.75) is 8.10 Å². The molecule has 10 heavy (non-hydrogen) atoms. The van der Waals surface area contributed by atoms with Crippen molar-refractivity contribution in [2.75, 3.05) is 18.3 Å². The van der Waals surface area contributed by atoms with Gasteiger partial charge in [0, 0.05) is 6.42 Å². The van der Waals surface area contributed by atoms with Crippen molar-refractivity contribution in [1.82, 2.24) is 0 Å². The fourth-order valence-electron chi connectivity index (χ4n) is 0.358. The van der Waals surface area contributed by atoms with Crippen LogP contribution >= 0.6 is 65.1 Å². The molecule has 0 bridgehead atoms. The molecule has 0 saturated carbocycles. The van der Waals surface area contributed by atoms with Gasteiger partial charge in [0.05, 0.1) is 0 Å². The van der Waals surface area contributed by atoms with E-state index in [0.717, 1.165) is 5.75 Å². The quantitative estimate of drug-likeness (QED) is 0.486. The smallest absolute Gasteiger partial charge is 0.211 e. The van der Waals surface area contributed by atoms with Crippen molar-refractivity contribution in [3.63, 3.8) is 0 Å². The van der Waals surface area contributed by atoms with Crippen LogP contribution in [0.15, 0.2) is 0 Å². The number of hydrogen-bond donors (Lipinski definition) is 0. The predicted octanol–water partition coefficient (Wildman–Crippen LogP) is 4.09. The van der Waals surface area contributed by atoms with Gasteiger partial charge in [0.15, 0.2) is 0 Å². The molecule has 0 rings (SSSR count). The summed E-state index contributed by atoms with van der Waals surface area (Å²) in [6.07, 6.45) is 4.50. The Hall–Kier alpha value is 2.03. The van der Waals surface area contributed by atoms with Gasteiger partial charge in [0.2, 0.25) is 1.68 Å². The second-order valence-electron chi connectivity index (χ2n) is 2.47. The Labute approximate surface area is 94.8 Å². The van der Waals surface area contributed by atoms with Crippen LogP contribution in [0.3, 0.4) is 0 Å². The summed E-state index contributed by atoms with van der Waals surface area (Å²) < 4.78 is 11.7. The van der Waals surface area contributed by atoms with E-state index in [9.17, 15) is 4.39 Å². The molecule has 0 spiro atoms. The zero-order chi connectivity index (χ0) is 8.41. The fraction of sp³-hybridized carbons (Fsp3) is 1.00. The third-order valence-electron chi connectivity index (χ3n) is 0.871. The molecule has 0 aliphatic rings. The molecule has 0 heterocycles. The lowest BCUT2D eigenvalue weighted by molar-refractivity contribution is 0.446. The lowest BCUT2D eigenvalue weighted by Crippen LogP contribution is -2.06. The van der Waals surface area contributed by atoms with Gasteiger partial charge in [-0.05, 0) is 63.4 Å². The molecule has 0 fully saturated rings. The van der Waals surface area contributed by atoms with Crippen molar-refractivity contribution in [3.05, 3.63) is 0 Å². The molecule has 0 aliphatic carbocycles. The van der Waals surface area contributed by atoms with Crippen LogP contribution in [0, 0.1) is 0 Å². The van der Waals surface area contributed by atoms with Gasteiger partial charge in [0.1, 0.15) is 0 Å². The Bertz CT molecular complexity index is 93.2. The maximum absolute atomic E-state index is 12.8. The van der Waals surface area contributed by atoms with Crippen LogP contribution in [0.2, 0.25) is 0 Å². The first-order chi connectivity index (χ1) is 4.21. The zero-order valence-corrected chi connectivity index (χ0v) is 11.7. The maximum atomic E-state index is 12.8. The third kappa shape index (κ3) is 10.0. The molecule has 0 atom stereocenters. The second-order valence-corrected chi connectivity index (χ2v) is 13.7. The van der Waals surface area contributed by atoms with Gasteiger partial charge in [-0.2, -0.15) is 9.24 Å². The Kier molecular flexibility index (Phi) is 5.19. The van der Waals surface area contributed by atoms with E-state index in [1.165, 1.54) is 0 Å². The van der Waals surface area contributed by atoms with Crippen molar-refractivity contribution in [3.8, 4) is 0 Å². The molecule has 0 saturated heterocycles. The summed E-state index contributed by atoms with van der Waals surface area (Å²) in [6, 6.07) is 0. The van der Waals surface area contributed by atoms with Crippen LogP contribution in [-0.4, -0.2) is 19.9 Å². The van der Waals surface area contributed by atoms with E-state index in [4.69, 9.17) is 10.7 Å². The Balaban J connectivity index is 3.56. The van der Waals surface area contributed by atoms with E-state index in [2.05, 4.69) is 0 Å². The van der Waals surface area contributed by atoms with E-state index in [1.807, 2.05) is 12.5 Å². The van der Waals surface area contributed by atoms with Gasteiger partial charge < -0.3 is 0 Å². The summed E-state index contributed by atoms with van der Waals surface area (Å²) in [4.78, 5) is 0. The molecule has 0 aromatic carbocycles. The van der Waals surface area contributed by atoms with E-state index < -0.39 is 10.9 Å². The van der Waals surface area contributed by atoms with Crippen molar-refractivity contribution in [2.24, 2.45) is 0 Å². The molecule has 0 unspecified atom stereocenters. The summed E-state index contributed by atoms with van der Waals surface area (Å²) in [6.45, 7) is 0. The molecular formula is C5H10ClFI2S. The van der Waals surface area contributed by atoms with Crippen molar-refractivity contribution in [1.29, 1.82) is 0 Å². The van der Waals surface area contributed by atoms with Crippen LogP contribution in [0.25, 0.3) is 0 Å². The standard InChI is InChI=1S/C5H10ClFI2S/c1-10(2,6)4-3-5(7,8)9/h3-4H2,1-2H3. The van der Waals surface area contributed by atoms with Gasteiger partial charge >= 0.3 is 0 Å². The highest BCUT2D eigenvalue weighted by Gasteiger charge is 2.22. The van der Waals surface area contributed by atoms with Gasteiger partial charge in [-0.1, -0.05) is 10.7 Å². The summed E-state index contributed by atoms with van der Waals surface area (Å²) in [5, 5.41) is 0. The molecule has 64 valence electrons. The molecule has 0 amide bonds. The monoisotopic (exact) mass is 410 g/mol. The highest BCUT2D eigenvalue weighted by atomic mass is 127. The summed E-state index contributed by atoms with van der Waals surface area (Å²) in [7, 11) is 4.91. The minimum atomic E-state index is -1.12. The lowest BCUT2D eigenvalue weighted by Gasteiger charge is -2.23. The first-order valence-corrected chi connectivity index (χ1v) is 8.28. The summed E-state index contributed by atoms with van der Waals surface area (Å²) in [5.41, 5.74) is 0. The average molecular weight is 410 g/mol. The average Bonchev–Trinajstić information content (AvgIpc) is 1.57. The largest absolute Gasteiger partial charge is 0.221 e. The Morgan fingerprint density at radius 3 is 2.00 bits per heavy atom. The van der Waals surface area contributed by atoms with Gasteiger partial charge in [0.25, 0.3) is 0 Å². The molecule has 0 aliphatic heterocycles. The maximum Gasteiger partial charge on any atom is 0.211 e. The number of halogens is 4. The van der Waals surface area contributed by atoms with E-state index in [0.29, 0.717) is 6.42 Å². The topological polar surface area (TPSA) is 0 Å². The number of alkyl halides is 3. The highest BCUT2D eigenvalue weighted by Crippen LogP contribution is 2.48. The summed E-state index contributed by atoms with van der Waals surface area (Å²) >= 11 is 3.58. The van der Waals surface area contributed by atoms with Gasteiger partial charge in [-0.15, -0.1) is 0 Å². The third-order valence-corrected chi connectivity index (χ3v) is 3.59. The van der Waals surface area contributed by atoms with Crippen molar-refractivity contribution >= 4 is 65.1 Å². The second kappa shape index (κ2) is 4.32. The number of rotatable bonds is 3. The molecular weight excluding hydrogens is 400 g/mol. The fourth-order valence-corrected chi connectivity index (χ4v) is 2.63. The van der Waals surface area contributed by atoms with Gasteiger partial charge in [-0.3, -0.25) is 0 Å². The van der Waals surface area contributed by atoms with Gasteiger partial charge in [-0.25, -0.2) is 4.39 Å². The highest BCUT2D eigenvalue weighted by molar-refractivity contribution is 14.2. The van der Waals surface area contributed by atoms with Crippen molar-refractivity contribution < 1.29 is 4.39 Å². The minimum absolute atomic E-state index is 0.542. The number of hydrogen-bond acceptors (Lipinski definition) is 0. The molecule has 0 radical (unpaired) electrons.